The van der Waals surface area contributed by atoms with Crippen LogP contribution >= 0.6 is 11.3 Å². The summed E-state index contributed by atoms with van der Waals surface area (Å²) in [4.78, 5) is 6.24. The van der Waals surface area contributed by atoms with Crippen LogP contribution in [-0.4, -0.2) is 4.98 Å². The number of hydrogen-bond acceptors (Lipinski definition) is 3. The Hall–Kier alpha value is -1.35. The summed E-state index contributed by atoms with van der Waals surface area (Å²) in [5, 5.41) is 1.14. The monoisotopic (exact) mass is 244 g/mol. The molecule has 1 aromatic heterocycles. The summed E-state index contributed by atoms with van der Waals surface area (Å²) in [7, 11) is 0. The molecule has 1 heterocycles. The minimum atomic E-state index is 0.808. The molecule has 88 valence electrons. The molecule has 2 N–H and O–H groups in total. The maximum atomic E-state index is 5.70. The van der Waals surface area contributed by atoms with Gasteiger partial charge in [-0.15, -0.1) is 11.3 Å². The van der Waals surface area contributed by atoms with E-state index in [9.17, 15) is 0 Å². The van der Waals surface area contributed by atoms with Crippen molar-refractivity contribution in [2.45, 2.75) is 26.2 Å². The highest BCUT2D eigenvalue weighted by molar-refractivity contribution is 7.15. The second kappa shape index (κ2) is 4.15. The Morgan fingerprint density at radius 2 is 2.06 bits per heavy atom. The molecule has 2 aromatic rings. The summed E-state index contributed by atoms with van der Waals surface area (Å²) in [6.07, 6.45) is 3.61. The van der Waals surface area contributed by atoms with Gasteiger partial charge in [-0.3, -0.25) is 0 Å². The lowest BCUT2D eigenvalue weighted by Gasteiger charge is -2.15. The van der Waals surface area contributed by atoms with Gasteiger partial charge in [-0.05, 0) is 49.4 Å². The molecule has 17 heavy (non-hydrogen) atoms. The molecule has 2 nitrogen and oxygen atoms in total. The van der Waals surface area contributed by atoms with E-state index in [-0.39, 0.29) is 0 Å². The molecule has 1 aromatic carbocycles. The zero-order chi connectivity index (χ0) is 11.8. The standard InChI is InChI=1S/C14H16N2S/c1-9-2-7-12-13(8-9)17-14(16-12)10-3-5-11(15)6-4-10/h3-6,9H,2,7-8,15H2,1H3. The van der Waals surface area contributed by atoms with E-state index in [1.165, 1.54) is 29.0 Å². The van der Waals surface area contributed by atoms with Crippen molar-refractivity contribution in [2.75, 3.05) is 5.73 Å². The third-order valence-electron chi connectivity index (χ3n) is 3.34. The molecular weight excluding hydrogens is 228 g/mol. The van der Waals surface area contributed by atoms with Gasteiger partial charge >= 0.3 is 0 Å². The first-order chi connectivity index (χ1) is 8.22. The van der Waals surface area contributed by atoms with Crippen molar-refractivity contribution < 1.29 is 0 Å². The van der Waals surface area contributed by atoms with Gasteiger partial charge in [-0.2, -0.15) is 0 Å². The second-order valence-electron chi connectivity index (χ2n) is 4.86. The number of hydrogen-bond donors (Lipinski definition) is 1. The van der Waals surface area contributed by atoms with E-state index in [2.05, 4.69) is 19.1 Å². The van der Waals surface area contributed by atoms with E-state index in [1.807, 2.05) is 23.5 Å². The van der Waals surface area contributed by atoms with Crippen molar-refractivity contribution >= 4 is 17.0 Å². The van der Waals surface area contributed by atoms with Crippen LogP contribution in [0.4, 0.5) is 5.69 Å². The van der Waals surface area contributed by atoms with Crippen LogP contribution in [0, 0.1) is 5.92 Å². The fourth-order valence-corrected chi connectivity index (χ4v) is 3.57. The van der Waals surface area contributed by atoms with E-state index >= 15 is 0 Å². The third-order valence-corrected chi connectivity index (χ3v) is 4.51. The third kappa shape index (κ3) is 2.07. The highest BCUT2D eigenvalue weighted by Gasteiger charge is 2.19. The largest absolute Gasteiger partial charge is 0.399 e. The molecule has 0 amide bonds. The lowest BCUT2D eigenvalue weighted by molar-refractivity contribution is 0.502. The van der Waals surface area contributed by atoms with Gasteiger partial charge in [0.15, 0.2) is 0 Å². The Morgan fingerprint density at radius 3 is 2.82 bits per heavy atom. The topological polar surface area (TPSA) is 38.9 Å². The molecule has 1 unspecified atom stereocenters. The zero-order valence-corrected chi connectivity index (χ0v) is 10.8. The molecule has 1 atom stereocenters. The van der Waals surface area contributed by atoms with E-state index in [0.29, 0.717) is 0 Å². The second-order valence-corrected chi connectivity index (χ2v) is 5.94. The van der Waals surface area contributed by atoms with Crippen molar-refractivity contribution in [3.63, 3.8) is 0 Å². The fraction of sp³-hybridized carbons (Fsp3) is 0.357. The van der Waals surface area contributed by atoms with Crippen LogP contribution in [0.15, 0.2) is 24.3 Å². The SMILES string of the molecule is CC1CCc2nc(-c3ccc(N)cc3)sc2C1. The summed E-state index contributed by atoms with van der Waals surface area (Å²) in [5.74, 6) is 0.808. The Bertz CT molecular complexity index is 528. The highest BCUT2D eigenvalue weighted by Crippen LogP contribution is 2.34. The smallest absolute Gasteiger partial charge is 0.123 e. The number of nitrogen functional groups attached to an aromatic ring is 1. The quantitative estimate of drug-likeness (QED) is 0.780. The van der Waals surface area contributed by atoms with Crippen LogP contribution in [0.1, 0.15) is 23.9 Å². The molecule has 0 bridgehead atoms. The van der Waals surface area contributed by atoms with Crippen molar-refractivity contribution in [3.8, 4) is 10.6 Å². The summed E-state index contributed by atoms with van der Waals surface area (Å²) in [5.41, 5.74) is 9.02. The number of benzene rings is 1. The normalized spacial score (nSPS) is 19.0. The first-order valence-corrected chi connectivity index (χ1v) is 6.88. The summed E-state index contributed by atoms with van der Waals surface area (Å²) >= 11 is 1.85. The van der Waals surface area contributed by atoms with Gasteiger partial charge < -0.3 is 5.73 Å². The van der Waals surface area contributed by atoms with E-state index in [0.717, 1.165) is 23.0 Å². The van der Waals surface area contributed by atoms with Gasteiger partial charge in [0, 0.05) is 16.1 Å². The zero-order valence-electron chi connectivity index (χ0n) is 9.94. The first kappa shape index (κ1) is 10.8. The molecule has 3 heteroatoms. The van der Waals surface area contributed by atoms with Crippen LogP contribution in [0.2, 0.25) is 0 Å². The number of aryl methyl sites for hydroxylation is 1. The van der Waals surface area contributed by atoms with Crippen LogP contribution in [0.25, 0.3) is 10.6 Å². The molecule has 0 aliphatic heterocycles. The van der Waals surface area contributed by atoms with Crippen molar-refractivity contribution in [1.29, 1.82) is 0 Å². The average Bonchev–Trinajstić information content (AvgIpc) is 2.72. The first-order valence-electron chi connectivity index (χ1n) is 6.07. The molecular formula is C14H16N2S. The lowest BCUT2D eigenvalue weighted by Crippen LogP contribution is -2.09. The minimum absolute atomic E-state index is 0.808. The maximum absolute atomic E-state index is 5.70. The molecule has 0 spiro atoms. The van der Waals surface area contributed by atoms with Crippen molar-refractivity contribution in [2.24, 2.45) is 5.92 Å². The Kier molecular flexibility index (Phi) is 2.63. The van der Waals surface area contributed by atoms with Crippen molar-refractivity contribution in [1.82, 2.24) is 4.98 Å². The molecule has 1 aliphatic carbocycles. The number of nitrogens with zero attached hydrogens (tertiary/aromatic N) is 1. The maximum Gasteiger partial charge on any atom is 0.123 e. The summed E-state index contributed by atoms with van der Waals surface area (Å²) in [6.45, 7) is 2.32. The Labute approximate surface area is 106 Å². The van der Waals surface area contributed by atoms with E-state index in [1.54, 1.807) is 0 Å². The van der Waals surface area contributed by atoms with Gasteiger partial charge in [-0.1, -0.05) is 6.92 Å². The van der Waals surface area contributed by atoms with Crippen LogP contribution in [0.3, 0.4) is 0 Å². The molecule has 0 fully saturated rings. The van der Waals surface area contributed by atoms with Crippen molar-refractivity contribution in [3.05, 3.63) is 34.8 Å². The Morgan fingerprint density at radius 1 is 1.29 bits per heavy atom. The van der Waals surface area contributed by atoms with Gasteiger partial charge in [0.25, 0.3) is 0 Å². The highest BCUT2D eigenvalue weighted by atomic mass is 32.1. The van der Waals surface area contributed by atoms with E-state index in [4.69, 9.17) is 10.7 Å². The predicted molar refractivity (Wildman–Crippen MR) is 73.2 cm³/mol. The van der Waals surface area contributed by atoms with Gasteiger partial charge in [0.2, 0.25) is 0 Å². The molecule has 0 saturated carbocycles. The van der Waals surface area contributed by atoms with Crippen LogP contribution in [0.5, 0.6) is 0 Å². The van der Waals surface area contributed by atoms with E-state index < -0.39 is 0 Å². The summed E-state index contributed by atoms with van der Waals surface area (Å²) < 4.78 is 0. The number of nitrogens with two attached hydrogens (primary N) is 1. The van der Waals surface area contributed by atoms with Crippen LogP contribution in [-0.2, 0) is 12.8 Å². The number of fused-ring (bicyclic) bond motifs is 1. The predicted octanol–water partition coefficient (Wildman–Crippen LogP) is 3.52. The van der Waals surface area contributed by atoms with Gasteiger partial charge in [0.05, 0.1) is 5.69 Å². The number of thiazole rings is 1. The molecule has 3 rings (SSSR count). The fourth-order valence-electron chi connectivity index (χ4n) is 2.29. The Balaban J connectivity index is 1.97. The van der Waals surface area contributed by atoms with Gasteiger partial charge in [0.1, 0.15) is 5.01 Å². The summed E-state index contributed by atoms with van der Waals surface area (Å²) in [6, 6.07) is 8.00. The molecule has 0 saturated heterocycles. The molecule has 0 radical (unpaired) electrons. The number of aromatic nitrogens is 1. The molecule has 1 aliphatic rings. The number of anilines is 1. The average molecular weight is 244 g/mol. The lowest BCUT2D eigenvalue weighted by atomic mass is 9.93. The van der Waals surface area contributed by atoms with Crippen LogP contribution < -0.4 is 5.73 Å². The van der Waals surface area contributed by atoms with Gasteiger partial charge in [-0.25, -0.2) is 4.98 Å². The number of rotatable bonds is 1. The minimum Gasteiger partial charge on any atom is -0.399 e.